The number of nitrogens with one attached hydrogen (secondary N) is 3. The molecule has 0 fully saturated rings. The van der Waals surface area contributed by atoms with Crippen LogP contribution < -0.4 is 21.3 Å². The van der Waals surface area contributed by atoms with Crippen molar-refractivity contribution in [1.29, 1.82) is 0 Å². The lowest BCUT2D eigenvalue weighted by Gasteiger charge is -2.03. The summed E-state index contributed by atoms with van der Waals surface area (Å²) < 4.78 is 22.8. The number of sulfonamides is 1. The van der Waals surface area contributed by atoms with Gasteiger partial charge in [0, 0.05) is 6.92 Å². The summed E-state index contributed by atoms with van der Waals surface area (Å²) in [4.78, 5) is 12.6. The lowest BCUT2D eigenvalue weighted by molar-refractivity contribution is -0.114. The molecule has 0 saturated carbocycles. The number of amides is 1. The van der Waals surface area contributed by atoms with Crippen molar-refractivity contribution in [1.82, 2.24) is 20.5 Å². The molecule has 12 heteroatoms. The summed E-state index contributed by atoms with van der Waals surface area (Å²) in [7, 11) is -3.91. The Morgan fingerprint density at radius 2 is 2.12 bits per heavy atom. The Balaban J connectivity index is 2.81. The lowest BCUT2D eigenvalue weighted by Crippen LogP contribution is -2.44. The van der Waals surface area contributed by atoms with E-state index >= 15 is 0 Å². The normalized spacial score (nSPS) is 10.9. The number of hydrogen-bond donors (Lipinski definition) is 4. The number of carbonyl (C=O) groups excluding carboxylic acids is 1. The van der Waals surface area contributed by atoms with E-state index in [-0.39, 0.29) is 20.5 Å². The number of carbonyl (C=O) groups is 1. The van der Waals surface area contributed by atoms with Crippen molar-refractivity contribution >= 4 is 49.7 Å². The molecule has 0 radical (unpaired) electrons. The first-order valence-electron chi connectivity index (χ1n) is 3.99. The molecule has 0 bridgehead atoms. The van der Waals surface area contributed by atoms with E-state index in [9.17, 15) is 13.2 Å². The number of rotatable bonds is 4. The first-order valence-corrected chi connectivity index (χ1v) is 6.70. The van der Waals surface area contributed by atoms with E-state index in [2.05, 4.69) is 33.2 Å². The third-order valence-electron chi connectivity index (χ3n) is 1.23. The van der Waals surface area contributed by atoms with Gasteiger partial charge in [-0.1, -0.05) is 11.3 Å². The fourth-order valence-corrected chi connectivity index (χ4v) is 2.60. The van der Waals surface area contributed by atoms with Crippen LogP contribution in [-0.2, 0) is 14.8 Å². The van der Waals surface area contributed by atoms with Crippen LogP contribution in [0.3, 0.4) is 0 Å². The Hall–Kier alpha value is -1.37. The molecule has 94 valence electrons. The van der Waals surface area contributed by atoms with Crippen molar-refractivity contribution in [2.24, 2.45) is 5.73 Å². The summed E-state index contributed by atoms with van der Waals surface area (Å²) in [6.45, 7) is 1.27. The molecule has 5 N–H and O–H groups in total. The summed E-state index contributed by atoms with van der Waals surface area (Å²) >= 11 is 5.12. The van der Waals surface area contributed by atoms with E-state index in [1.807, 2.05) is 4.83 Å². The third-order valence-corrected chi connectivity index (χ3v) is 3.78. The van der Waals surface area contributed by atoms with Crippen LogP contribution in [0.15, 0.2) is 4.34 Å². The highest BCUT2D eigenvalue weighted by Crippen LogP contribution is 2.18. The second kappa shape index (κ2) is 5.31. The highest BCUT2D eigenvalue weighted by atomic mass is 32.2. The molecule has 0 spiro atoms. The molecule has 1 heterocycles. The summed E-state index contributed by atoms with van der Waals surface area (Å²) in [5, 5.41) is 9.02. The summed E-state index contributed by atoms with van der Waals surface area (Å²) in [6.07, 6.45) is 0. The average Bonchev–Trinajstić information content (AvgIpc) is 2.63. The van der Waals surface area contributed by atoms with Crippen LogP contribution in [-0.4, -0.2) is 29.6 Å². The maximum absolute atomic E-state index is 11.5. The van der Waals surface area contributed by atoms with Gasteiger partial charge in [-0.15, -0.1) is 15.0 Å². The molecular formula is C5H8N6O3S3. The van der Waals surface area contributed by atoms with E-state index in [0.29, 0.717) is 11.3 Å². The van der Waals surface area contributed by atoms with Crippen molar-refractivity contribution in [2.45, 2.75) is 11.3 Å². The monoisotopic (exact) mass is 296 g/mol. The molecule has 1 rings (SSSR count). The molecule has 0 aliphatic carbocycles. The second-order valence-corrected chi connectivity index (χ2v) is 5.92. The Bertz CT molecular complexity index is 537. The SMILES string of the molecule is CC(=O)Nc1nnc(S(=O)(=O)NNC(N)=S)s1. The average molecular weight is 296 g/mol. The predicted octanol–water partition coefficient (Wildman–Crippen LogP) is -1.48. The van der Waals surface area contributed by atoms with Gasteiger partial charge in [-0.05, 0) is 12.2 Å². The molecule has 1 amide bonds. The predicted molar refractivity (Wildman–Crippen MR) is 64.5 cm³/mol. The van der Waals surface area contributed by atoms with Crippen LogP contribution in [0.5, 0.6) is 0 Å². The van der Waals surface area contributed by atoms with Gasteiger partial charge < -0.3 is 11.1 Å². The number of anilines is 1. The highest BCUT2D eigenvalue weighted by Gasteiger charge is 2.20. The number of nitrogens with zero attached hydrogens (tertiary/aromatic N) is 2. The zero-order chi connectivity index (χ0) is 13.1. The molecule has 0 aliphatic rings. The topological polar surface area (TPSA) is 139 Å². The van der Waals surface area contributed by atoms with Gasteiger partial charge in [0.25, 0.3) is 14.4 Å². The molecule has 0 aromatic carbocycles. The molecule has 0 aliphatic heterocycles. The van der Waals surface area contributed by atoms with Gasteiger partial charge >= 0.3 is 0 Å². The van der Waals surface area contributed by atoms with Crippen molar-refractivity contribution in [3.8, 4) is 0 Å². The standard InChI is InChI=1S/C5H8N6O3S3/c1-2(12)7-4-9-10-5(16-4)17(13,14)11-8-3(6)15/h11H,1H3,(H3,6,8,15)(H,7,9,12). The van der Waals surface area contributed by atoms with Gasteiger partial charge in [0.2, 0.25) is 11.0 Å². The van der Waals surface area contributed by atoms with Gasteiger partial charge in [-0.25, -0.2) is 8.42 Å². The first kappa shape index (κ1) is 13.7. The Kier molecular flexibility index (Phi) is 4.28. The summed E-state index contributed by atoms with van der Waals surface area (Å²) in [5.74, 6) is -0.376. The maximum Gasteiger partial charge on any atom is 0.286 e. The first-order chi connectivity index (χ1) is 7.81. The lowest BCUT2D eigenvalue weighted by atomic mass is 10.7. The quantitative estimate of drug-likeness (QED) is 0.300. The number of hydrogen-bond acceptors (Lipinski definition) is 7. The van der Waals surface area contributed by atoms with E-state index in [1.54, 1.807) is 0 Å². The number of nitrogens with two attached hydrogens (primary N) is 1. The fourth-order valence-electron chi connectivity index (χ4n) is 0.681. The van der Waals surface area contributed by atoms with Crippen LogP contribution >= 0.6 is 23.6 Å². The molecule has 0 saturated heterocycles. The molecule has 0 atom stereocenters. The van der Waals surface area contributed by atoms with Gasteiger partial charge in [-0.2, -0.15) is 0 Å². The minimum atomic E-state index is -3.91. The Morgan fingerprint density at radius 3 is 2.65 bits per heavy atom. The summed E-state index contributed by atoms with van der Waals surface area (Å²) in [5.41, 5.74) is 7.11. The van der Waals surface area contributed by atoms with E-state index in [4.69, 9.17) is 5.73 Å². The molecular weight excluding hydrogens is 288 g/mol. The maximum atomic E-state index is 11.5. The minimum absolute atomic E-state index is 0.0770. The number of aromatic nitrogens is 2. The van der Waals surface area contributed by atoms with Crippen molar-refractivity contribution in [3.63, 3.8) is 0 Å². The van der Waals surface area contributed by atoms with E-state index < -0.39 is 10.0 Å². The molecule has 17 heavy (non-hydrogen) atoms. The molecule has 0 unspecified atom stereocenters. The van der Waals surface area contributed by atoms with Gasteiger partial charge in [0.05, 0.1) is 0 Å². The Morgan fingerprint density at radius 1 is 1.47 bits per heavy atom. The zero-order valence-electron chi connectivity index (χ0n) is 8.42. The minimum Gasteiger partial charge on any atom is -0.375 e. The van der Waals surface area contributed by atoms with E-state index in [1.165, 1.54) is 6.92 Å². The van der Waals surface area contributed by atoms with Crippen LogP contribution in [0.2, 0.25) is 0 Å². The van der Waals surface area contributed by atoms with Crippen molar-refractivity contribution in [3.05, 3.63) is 0 Å². The van der Waals surface area contributed by atoms with Crippen LogP contribution in [0.1, 0.15) is 6.92 Å². The van der Waals surface area contributed by atoms with Crippen molar-refractivity contribution in [2.75, 3.05) is 5.32 Å². The molecule has 9 nitrogen and oxygen atoms in total. The van der Waals surface area contributed by atoms with Gasteiger partial charge in [0.1, 0.15) is 0 Å². The van der Waals surface area contributed by atoms with Crippen molar-refractivity contribution < 1.29 is 13.2 Å². The number of thiocarbonyl (C=S) groups is 1. The highest BCUT2D eigenvalue weighted by molar-refractivity contribution is 7.91. The molecule has 1 aromatic heterocycles. The van der Waals surface area contributed by atoms with Gasteiger partial charge in [-0.3, -0.25) is 10.2 Å². The number of hydrazine groups is 1. The van der Waals surface area contributed by atoms with Crippen LogP contribution in [0, 0.1) is 0 Å². The fraction of sp³-hybridized carbons (Fsp3) is 0.200. The zero-order valence-corrected chi connectivity index (χ0v) is 10.9. The second-order valence-electron chi connectivity index (χ2n) is 2.65. The Labute approximate surface area is 106 Å². The van der Waals surface area contributed by atoms with Crippen LogP contribution in [0.4, 0.5) is 5.13 Å². The summed E-state index contributed by atoms with van der Waals surface area (Å²) in [6, 6.07) is 0. The van der Waals surface area contributed by atoms with E-state index in [0.717, 1.165) is 0 Å². The largest absolute Gasteiger partial charge is 0.375 e. The smallest absolute Gasteiger partial charge is 0.286 e. The van der Waals surface area contributed by atoms with Crippen LogP contribution in [0.25, 0.3) is 0 Å². The van der Waals surface area contributed by atoms with Gasteiger partial charge in [0.15, 0.2) is 5.11 Å². The molecule has 1 aromatic rings. The third kappa shape index (κ3) is 4.18.